The fraction of sp³-hybridized carbons (Fsp3) is 0.200. The minimum Gasteiger partial charge on any atom is -0.462 e. The van der Waals surface area contributed by atoms with Gasteiger partial charge in [-0.1, -0.05) is 0 Å². The summed E-state index contributed by atoms with van der Waals surface area (Å²) in [6.07, 6.45) is 0. The maximum Gasteiger partial charge on any atom is 0.338 e. The highest BCUT2D eigenvalue weighted by Gasteiger charge is 2.07. The molecule has 0 aliphatic rings. The number of fused-ring (bicyclic) bond motifs is 1. The van der Waals surface area contributed by atoms with Crippen molar-refractivity contribution >= 4 is 17.0 Å². The molecule has 1 aromatic heterocycles. The van der Waals surface area contributed by atoms with E-state index in [1.807, 2.05) is 0 Å². The van der Waals surface area contributed by atoms with Gasteiger partial charge in [0.15, 0.2) is 0 Å². The van der Waals surface area contributed by atoms with Crippen molar-refractivity contribution in [1.29, 1.82) is 0 Å². The first kappa shape index (κ1) is 9.51. The number of carbonyl (C=O) groups excluding carboxylic acids is 1. The van der Waals surface area contributed by atoms with Gasteiger partial charge in [-0.3, -0.25) is 0 Å². The summed E-state index contributed by atoms with van der Waals surface area (Å²) in [6.45, 7) is 2.08. The van der Waals surface area contributed by atoms with Crippen LogP contribution in [0.4, 0.5) is 0 Å². The lowest BCUT2D eigenvalue weighted by atomic mass is 10.2. The van der Waals surface area contributed by atoms with Crippen molar-refractivity contribution in [2.24, 2.45) is 0 Å². The number of benzene rings is 1. The van der Waals surface area contributed by atoms with Crippen LogP contribution in [-0.2, 0) is 4.74 Å². The molecule has 0 fully saturated rings. The van der Waals surface area contributed by atoms with E-state index in [1.165, 1.54) is 0 Å². The van der Waals surface area contributed by atoms with Gasteiger partial charge in [-0.05, 0) is 25.1 Å². The summed E-state index contributed by atoms with van der Waals surface area (Å²) in [4.78, 5) is 27.5. The van der Waals surface area contributed by atoms with E-state index in [9.17, 15) is 9.59 Å². The number of aromatic nitrogens is 2. The van der Waals surface area contributed by atoms with Gasteiger partial charge in [-0.2, -0.15) is 0 Å². The second kappa shape index (κ2) is 3.61. The summed E-state index contributed by atoms with van der Waals surface area (Å²) in [6, 6.07) is 4.87. The number of rotatable bonds is 2. The Morgan fingerprint density at radius 1 is 1.33 bits per heavy atom. The van der Waals surface area contributed by atoms with E-state index in [2.05, 4.69) is 9.97 Å². The van der Waals surface area contributed by atoms with Crippen LogP contribution in [0, 0.1) is 0 Å². The third kappa shape index (κ3) is 1.76. The van der Waals surface area contributed by atoms with Gasteiger partial charge < -0.3 is 14.7 Å². The lowest BCUT2D eigenvalue weighted by molar-refractivity contribution is 0.0526. The molecule has 78 valence electrons. The Bertz CT molecular complexity index is 553. The quantitative estimate of drug-likeness (QED) is 0.720. The van der Waals surface area contributed by atoms with Crippen LogP contribution in [0.2, 0.25) is 0 Å². The molecule has 0 amide bonds. The van der Waals surface area contributed by atoms with Gasteiger partial charge in [0.05, 0.1) is 23.2 Å². The zero-order valence-electron chi connectivity index (χ0n) is 8.16. The number of hydrogen-bond acceptors (Lipinski definition) is 3. The molecule has 2 rings (SSSR count). The number of carbonyl (C=O) groups is 1. The highest BCUT2D eigenvalue weighted by molar-refractivity contribution is 5.93. The van der Waals surface area contributed by atoms with Crippen LogP contribution in [0.15, 0.2) is 23.0 Å². The largest absolute Gasteiger partial charge is 0.462 e. The molecule has 0 saturated carbocycles. The van der Waals surface area contributed by atoms with Crippen LogP contribution in [0.1, 0.15) is 17.3 Å². The third-order valence-electron chi connectivity index (χ3n) is 2.03. The first-order valence-electron chi connectivity index (χ1n) is 4.60. The maximum atomic E-state index is 11.4. The standard InChI is InChI=1S/C10H10N2O3/c1-2-15-9(13)6-3-4-7-8(5-6)12-10(14)11-7/h3-5H,2H2,1H3,(H2,11,12,14). The van der Waals surface area contributed by atoms with Gasteiger partial charge in [-0.25, -0.2) is 9.59 Å². The highest BCUT2D eigenvalue weighted by Crippen LogP contribution is 2.10. The van der Waals surface area contributed by atoms with Gasteiger partial charge in [0.2, 0.25) is 0 Å². The van der Waals surface area contributed by atoms with Crippen LogP contribution >= 0.6 is 0 Å². The Morgan fingerprint density at radius 3 is 2.80 bits per heavy atom. The van der Waals surface area contributed by atoms with Crippen molar-refractivity contribution in [3.63, 3.8) is 0 Å². The molecule has 2 aromatic rings. The molecule has 0 radical (unpaired) electrons. The number of H-pyrrole nitrogens is 2. The second-order valence-corrected chi connectivity index (χ2v) is 3.06. The van der Waals surface area contributed by atoms with E-state index in [1.54, 1.807) is 25.1 Å². The van der Waals surface area contributed by atoms with Crippen LogP contribution < -0.4 is 5.69 Å². The molecule has 0 atom stereocenters. The number of hydrogen-bond donors (Lipinski definition) is 2. The van der Waals surface area contributed by atoms with Crippen molar-refractivity contribution in [1.82, 2.24) is 9.97 Å². The molecule has 15 heavy (non-hydrogen) atoms. The molecule has 0 bridgehead atoms. The van der Waals surface area contributed by atoms with E-state index in [0.717, 1.165) is 0 Å². The molecular weight excluding hydrogens is 196 g/mol. The Morgan fingerprint density at radius 2 is 2.07 bits per heavy atom. The van der Waals surface area contributed by atoms with Gasteiger partial charge in [0.1, 0.15) is 0 Å². The van der Waals surface area contributed by atoms with Crippen LogP contribution in [-0.4, -0.2) is 22.5 Å². The SMILES string of the molecule is CCOC(=O)c1ccc2[nH]c(=O)[nH]c2c1. The van der Waals surface area contributed by atoms with Crippen molar-refractivity contribution < 1.29 is 9.53 Å². The van der Waals surface area contributed by atoms with E-state index in [-0.39, 0.29) is 11.7 Å². The van der Waals surface area contributed by atoms with Gasteiger partial charge in [0.25, 0.3) is 0 Å². The van der Waals surface area contributed by atoms with Gasteiger partial charge in [-0.15, -0.1) is 0 Å². The molecule has 5 heteroatoms. The van der Waals surface area contributed by atoms with Crippen molar-refractivity contribution in [2.45, 2.75) is 6.92 Å². The molecule has 1 aromatic carbocycles. The highest BCUT2D eigenvalue weighted by atomic mass is 16.5. The van der Waals surface area contributed by atoms with Gasteiger partial charge >= 0.3 is 11.7 Å². The Kier molecular flexibility index (Phi) is 2.29. The van der Waals surface area contributed by atoms with Crippen molar-refractivity contribution in [3.05, 3.63) is 34.2 Å². The number of imidazole rings is 1. The molecular formula is C10H10N2O3. The smallest absolute Gasteiger partial charge is 0.338 e. The molecule has 0 aliphatic carbocycles. The Balaban J connectivity index is 2.46. The van der Waals surface area contributed by atoms with Crippen molar-refractivity contribution in [2.75, 3.05) is 6.61 Å². The first-order chi connectivity index (χ1) is 7.20. The van der Waals surface area contributed by atoms with Crippen LogP contribution in [0.3, 0.4) is 0 Å². The summed E-state index contributed by atoms with van der Waals surface area (Å²) in [5.74, 6) is -0.388. The summed E-state index contributed by atoms with van der Waals surface area (Å²) in [5.41, 5.74) is 1.42. The van der Waals surface area contributed by atoms with E-state index in [0.29, 0.717) is 23.2 Å². The summed E-state index contributed by atoms with van der Waals surface area (Å²) in [5, 5.41) is 0. The normalized spacial score (nSPS) is 10.5. The fourth-order valence-electron chi connectivity index (χ4n) is 1.37. The molecule has 1 heterocycles. The first-order valence-corrected chi connectivity index (χ1v) is 4.60. The fourth-order valence-corrected chi connectivity index (χ4v) is 1.37. The minimum absolute atomic E-state index is 0.286. The molecule has 0 aliphatic heterocycles. The van der Waals surface area contributed by atoms with Crippen LogP contribution in [0.25, 0.3) is 11.0 Å². The number of ether oxygens (including phenoxy) is 1. The molecule has 0 saturated heterocycles. The van der Waals surface area contributed by atoms with E-state index >= 15 is 0 Å². The topological polar surface area (TPSA) is 75.0 Å². The predicted molar refractivity (Wildman–Crippen MR) is 54.9 cm³/mol. The average molecular weight is 206 g/mol. The number of esters is 1. The summed E-state index contributed by atoms with van der Waals surface area (Å²) >= 11 is 0. The van der Waals surface area contributed by atoms with Gasteiger partial charge in [0, 0.05) is 0 Å². The molecule has 0 unspecified atom stereocenters. The van der Waals surface area contributed by atoms with E-state index < -0.39 is 0 Å². The number of aromatic amines is 2. The van der Waals surface area contributed by atoms with Crippen molar-refractivity contribution in [3.8, 4) is 0 Å². The molecule has 5 nitrogen and oxygen atoms in total. The summed E-state index contributed by atoms with van der Waals surface area (Å²) in [7, 11) is 0. The maximum absolute atomic E-state index is 11.4. The second-order valence-electron chi connectivity index (χ2n) is 3.06. The lowest BCUT2D eigenvalue weighted by Gasteiger charge is -2.00. The van der Waals surface area contributed by atoms with E-state index in [4.69, 9.17) is 4.74 Å². The molecule has 0 spiro atoms. The van der Waals surface area contributed by atoms with Crippen LogP contribution in [0.5, 0.6) is 0 Å². The zero-order valence-corrected chi connectivity index (χ0v) is 8.16. The Hall–Kier alpha value is -2.04. The number of nitrogens with one attached hydrogen (secondary N) is 2. The monoisotopic (exact) mass is 206 g/mol. The summed E-state index contributed by atoms with van der Waals surface area (Å²) < 4.78 is 4.84. The predicted octanol–water partition coefficient (Wildman–Crippen LogP) is 1.03. The average Bonchev–Trinajstić information content (AvgIpc) is 2.57. The lowest BCUT2D eigenvalue weighted by Crippen LogP contribution is -2.04. The molecule has 2 N–H and O–H groups in total. The minimum atomic E-state index is -0.388. The zero-order chi connectivity index (χ0) is 10.8. The Labute approximate surface area is 85.1 Å². The third-order valence-corrected chi connectivity index (χ3v) is 2.03.